The third-order valence-electron chi connectivity index (χ3n) is 2.85. The fourth-order valence-electron chi connectivity index (χ4n) is 1.59. The van der Waals surface area contributed by atoms with Crippen molar-refractivity contribution in [3.05, 3.63) is 21.8 Å². The summed E-state index contributed by atoms with van der Waals surface area (Å²) in [4.78, 5) is 11.8. The number of nitrogens with one attached hydrogen (secondary N) is 2. The Bertz CT molecular complexity index is 419. The number of rotatable bonds is 1. The van der Waals surface area contributed by atoms with Crippen LogP contribution in [0.3, 0.4) is 0 Å². The average Bonchev–Trinajstić information content (AvgIpc) is 2.20. The smallest absolute Gasteiger partial charge is 0.249 e. The van der Waals surface area contributed by atoms with Gasteiger partial charge in [0.2, 0.25) is 5.91 Å². The highest BCUT2D eigenvalue weighted by Crippen LogP contribution is 2.33. The van der Waals surface area contributed by atoms with Gasteiger partial charge in [-0.3, -0.25) is 4.79 Å². The number of fused-ring (bicyclic) bond motifs is 1. The van der Waals surface area contributed by atoms with Gasteiger partial charge in [0.1, 0.15) is 5.54 Å². The van der Waals surface area contributed by atoms with Crippen LogP contribution in [0.4, 0.5) is 11.4 Å². The monoisotopic (exact) mass is 316 g/mol. The molecule has 15 heavy (non-hydrogen) atoms. The van der Waals surface area contributed by atoms with Crippen molar-refractivity contribution in [1.29, 1.82) is 0 Å². The first-order valence-electron chi connectivity index (χ1n) is 4.94. The molecule has 4 heteroatoms. The van der Waals surface area contributed by atoms with Gasteiger partial charge in [0, 0.05) is 3.57 Å². The second-order valence-corrected chi connectivity index (χ2v) is 5.20. The summed E-state index contributed by atoms with van der Waals surface area (Å²) < 4.78 is 1.12. The summed E-state index contributed by atoms with van der Waals surface area (Å²) in [5.41, 5.74) is 1.39. The first-order chi connectivity index (χ1) is 7.05. The number of hydrogen-bond acceptors (Lipinski definition) is 2. The Kier molecular flexibility index (Phi) is 2.62. The van der Waals surface area contributed by atoms with E-state index >= 15 is 0 Å². The van der Waals surface area contributed by atoms with Crippen molar-refractivity contribution in [2.24, 2.45) is 0 Å². The number of carbonyl (C=O) groups is 1. The van der Waals surface area contributed by atoms with Gasteiger partial charge in [-0.15, -0.1) is 0 Å². The van der Waals surface area contributed by atoms with Crippen molar-refractivity contribution in [2.75, 3.05) is 10.6 Å². The van der Waals surface area contributed by atoms with Crippen molar-refractivity contribution in [3.8, 4) is 0 Å². The molecular formula is C11H13IN2O. The zero-order chi connectivity index (χ0) is 11.1. The fraction of sp³-hybridized carbons (Fsp3) is 0.364. The zero-order valence-electron chi connectivity index (χ0n) is 8.73. The normalized spacial score (nSPS) is 24.1. The molecule has 2 N–H and O–H groups in total. The van der Waals surface area contributed by atoms with E-state index in [2.05, 4.69) is 33.2 Å². The third kappa shape index (κ3) is 1.82. The van der Waals surface area contributed by atoms with Gasteiger partial charge in [-0.2, -0.15) is 0 Å². The first kappa shape index (κ1) is 10.7. The molecule has 0 fully saturated rings. The molecule has 0 radical (unpaired) electrons. The molecule has 0 saturated heterocycles. The largest absolute Gasteiger partial charge is 0.370 e. The van der Waals surface area contributed by atoms with Crippen molar-refractivity contribution in [1.82, 2.24) is 0 Å². The summed E-state index contributed by atoms with van der Waals surface area (Å²) in [7, 11) is 0. The Morgan fingerprint density at radius 2 is 2.13 bits per heavy atom. The highest BCUT2D eigenvalue weighted by Gasteiger charge is 2.35. The molecule has 1 unspecified atom stereocenters. The van der Waals surface area contributed by atoms with E-state index in [1.165, 1.54) is 0 Å². The highest BCUT2D eigenvalue weighted by atomic mass is 127. The molecule has 2 rings (SSSR count). The molecular weight excluding hydrogens is 303 g/mol. The van der Waals surface area contributed by atoms with E-state index < -0.39 is 5.54 Å². The minimum absolute atomic E-state index is 0.0412. The predicted octanol–water partition coefficient (Wildman–Crippen LogP) is 2.82. The number of carbonyl (C=O) groups excluding carboxylic acids is 1. The molecule has 0 aliphatic carbocycles. The summed E-state index contributed by atoms with van der Waals surface area (Å²) in [6.45, 7) is 3.92. The molecule has 3 nitrogen and oxygen atoms in total. The van der Waals surface area contributed by atoms with E-state index in [9.17, 15) is 4.79 Å². The lowest BCUT2D eigenvalue weighted by Gasteiger charge is -2.35. The fourth-order valence-corrected chi connectivity index (χ4v) is 2.08. The van der Waals surface area contributed by atoms with Crippen LogP contribution in [0.15, 0.2) is 18.2 Å². The Balaban J connectivity index is 2.42. The van der Waals surface area contributed by atoms with E-state index in [1.807, 2.05) is 32.0 Å². The summed E-state index contributed by atoms with van der Waals surface area (Å²) in [5, 5.41) is 6.22. The van der Waals surface area contributed by atoms with E-state index in [0.29, 0.717) is 0 Å². The lowest BCUT2D eigenvalue weighted by atomic mass is 9.94. The Morgan fingerprint density at radius 3 is 2.80 bits per heavy atom. The van der Waals surface area contributed by atoms with E-state index in [0.717, 1.165) is 21.4 Å². The standard InChI is InChI=1S/C11H13IN2O/c1-3-11(2)10(15)13-9-6-7(12)4-5-8(9)14-11/h4-6,14H,3H2,1-2H3,(H,13,15). The summed E-state index contributed by atoms with van der Waals surface area (Å²) in [6, 6.07) is 6.00. The maximum atomic E-state index is 11.8. The van der Waals surface area contributed by atoms with E-state index in [-0.39, 0.29) is 5.91 Å². The molecule has 0 spiro atoms. The van der Waals surface area contributed by atoms with Crippen LogP contribution < -0.4 is 10.6 Å². The lowest BCUT2D eigenvalue weighted by molar-refractivity contribution is -0.120. The number of anilines is 2. The molecule has 1 aliphatic heterocycles. The molecule has 0 aromatic heterocycles. The van der Waals surface area contributed by atoms with Gasteiger partial charge < -0.3 is 10.6 Å². The third-order valence-corrected chi connectivity index (χ3v) is 3.52. The van der Waals surface area contributed by atoms with Crippen LogP contribution in [0, 0.1) is 3.57 Å². The van der Waals surface area contributed by atoms with Crippen LogP contribution in [0.2, 0.25) is 0 Å². The molecule has 0 saturated carbocycles. The average molecular weight is 316 g/mol. The second-order valence-electron chi connectivity index (χ2n) is 3.95. The molecule has 80 valence electrons. The van der Waals surface area contributed by atoms with E-state index in [1.54, 1.807) is 0 Å². The van der Waals surface area contributed by atoms with Gasteiger partial charge >= 0.3 is 0 Å². The number of hydrogen-bond donors (Lipinski definition) is 2. The maximum absolute atomic E-state index is 11.8. The summed E-state index contributed by atoms with van der Waals surface area (Å²) in [5.74, 6) is 0.0412. The van der Waals surface area contributed by atoms with Crippen LogP contribution in [0.25, 0.3) is 0 Å². The maximum Gasteiger partial charge on any atom is 0.249 e. The summed E-state index contributed by atoms with van der Waals surface area (Å²) in [6.07, 6.45) is 0.768. The minimum Gasteiger partial charge on any atom is -0.370 e. The number of amides is 1. The van der Waals surface area contributed by atoms with Gasteiger partial charge in [0.15, 0.2) is 0 Å². The Hall–Kier alpha value is -0.780. The van der Waals surface area contributed by atoms with Gasteiger partial charge in [0.25, 0.3) is 0 Å². The van der Waals surface area contributed by atoms with Crippen LogP contribution in [0.5, 0.6) is 0 Å². The van der Waals surface area contributed by atoms with Gasteiger partial charge in [-0.25, -0.2) is 0 Å². The molecule has 1 aromatic rings. The predicted molar refractivity (Wildman–Crippen MR) is 70.1 cm³/mol. The molecule has 1 amide bonds. The number of benzene rings is 1. The van der Waals surface area contributed by atoms with Crippen LogP contribution >= 0.6 is 22.6 Å². The van der Waals surface area contributed by atoms with Gasteiger partial charge in [-0.05, 0) is 54.1 Å². The molecule has 1 heterocycles. The topological polar surface area (TPSA) is 41.1 Å². The second kappa shape index (κ2) is 3.66. The zero-order valence-corrected chi connectivity index (χ0v) is 10.9. The van der Waals surface area contributed by atoms with Crippen LogP contribution in [-0.2, 0) is 4.79 Å². The molecule has 0 bridgehead atoms. The SMILES string of the molecule is CCC1(C)Nc2ccc(I)cc2NC1=O. The van der Waals surface area contributed by atoms with Crippen molar-refractivity contribution >= 4 is 39.9 Å². The van der Waals surface area contributed by atoms with Crippen molar-refractivity contribution < 1.29 is 4.79 Å². The Morgan fingerprint density at radius 1 is 1.40 bits per heavy atom. The Labute approximate surface area is 103 Å². The minimum atomic E-state index is -0.486. The van der Waals surface area contributed by atoms with Crippen molar-refractivity contribution in [3.63, 3.8) is 0 Å². The molecule has 1 aliphatic rings. The van der Waals surface area contributed by atoms with Gasteiger partial charge in [-0.1, -0.05) is 6.92 Å². The first-order valence-corrected chi connectivity index (χ1v) is 6.02. The molecule has 1 aromatic carbocycles. The number of halogens is 1. The van der Waals surface area contributed by atoms with Crippen molar-refractivity contribution in [2.45, 2.75) is 25.8 Å². The molecule has 1 atom stereocenters. The van der Waals surface area contributed by atoms with Gasteiger partial charge in [0.05, 0.1) is 11.4 Å². The highest BCUT2D eigenvalue weighted by molar-refractivity contribution is 14.1. The van der Waals surface area contributed by atoms with Crippen LogP contribution in [-0.4, -0.2) is 11.4 Å². The van der Waals surface area contributed by atoms with E-state index in [4.69, 9.17) is 0 Å². The lowest BCUT2D eigenvalue weighted by Crippen LogP contribution is -2.49. The summed E-state index contributed by atoms with van der Waals surface area (Å²) >= 11 is 2.23. The quantitative estimate of drug-likeness (QED) is 0.782. The van der Waals surface area contributed by atoms with Crippen LogP contribution in [0.1, 0.15) is 20.3 Å².